The number of ketones is 2. The van der Waals surface area contributed by atoms with Crippen LogP contribution in [0.15, 0.2) is 89.9 Å². The molecular formula is C25H21NO2. The van der Waals surface area contributed by atoms with E-state index in [1.54, 1.807) is 24.3 Å². The number of carbonyl (C=O) groups excluding carboxylic acids is 2. The van der Waals surface area contributed by atoms with Gasteiger partial charge in [0.1, 0.15) is 5.92 Å². The third-order valence-electron chi connectivity index (χ3n) is 5.23. The number of Topliss-reactive ketones (excluding diaryl/α,β-unsaturated/α-hetero) is 2. The monoisotopic (exact) mass is 367 g/mol. The van der Waals surface area contributed by atoms with Gasteiger partial charge in [-0.3, -0.25) is 14.6 Å². The summed E-state index contributed by atoms with van der Waals surface area (Å²) in [7, 11) is 0. The molecule has 0 N–H and O–H groups in total. The maximum atomic E-state index is 12.5. The lowest BCUT2D eigenvalue weighted by atomic mass is 9.88. The molecule has 0 atom stereocenters. The number of hydrogen-bond donors (Lipinski definition) is 0. The fraction of sp³-hybridized carbons (Fsp3) is 0.160. The molecule has 3 aromatic rings. The predicted octanol–water partition coefficient (Wildman–Crippen LogP) is 4.97. The lowest BCUT2D eigenvalue weighted by Crippen LogP contribution is -2.16. The largest absolute Gasteiger partial charge is 0.296 e. The molecule has 3 heteroatoms. The smallest absolute Gasteiger partial charge is 0.179 e. The van der Waals surface area contributed by atoms with Gasteiger partial charge in [0.15, 0.2) is 11.6 Å². The number of fused-ring (bicyclic) bond motifs is 1. The van der Waals surface area contributed by atoms with Crippen molar-refractivity contribution in [3.8, 4) is 0 Å². The number of carbonyl (C=O) groups is 2. The minimum absolute atomic E-state index is 0.146. The molecule has 0 spiro atoms. The molecule has 0 saturated carbocycles. The summed E-state index contributed by atoms with van der Waals surface area (Å²) in [6.07, 6.45) is 2.35. The van der Waals surface area contributed by atoms with E-state index in [0.29, 0.717) is 17.7 Å². The van der Waals surface area contributed by atoms with Crippen molar-refractivity contribution in [2.75, 3.05) is 6.54 Å². The Morgan fingerprint density at radius 2 is 1.18 bits per heavy atom. The van der Waals surface area contributed by atoms with Crippen molar-refractivity contribution in [3.05, 3.63) is 107 Å². The van der Waals surface area contributed by atoms with E-state index >= 15 is 0 Å². The van der Waals surface area contributed by atoms with Crippen LogP contribution in [0.25, 0.3) is 0 Å². The van der Waals surface area contributed by atoms with Gasteiger partial charge in [-0.05, 0) is 17.5 Å². The van der Waals surface area contributed by atoms with Crippen LogP contribution < -0.4 is 0 Å². The number of aliphatic imine (C=N–C) groups is 1. The number of hydrogen-bond acceptors (Lipinski definition) is 3. The highest BCUT2D eigenvalue weighted by molar-refractivity contribution is 6.33. The van der Waals surface area contributed by atoms with Crippen molar-refractivity contribution >= 4 is 17.8 Å². The van der Waals surface area contributed by atoms with Gasteiger partial charge in [0.2, 0.25) is 0 Å². The van der Waals surface area contributed by atoms with E-state index in [0.717, 1.165) is 6.42 Å². The maximum Gasteiger partial charge on any atom is 0.179 e. The molecule has 0 bridgehead atoms. The summed E-state index contributed by atoms with van der Waals surface area (Å²) in [5.74, 6) is -0.838. The first-order valence-corrected chi connectivity index (χ1v) is 9.53. The van der Waals surface area contributed by atoms with Gasteiger partial charge in [-0.1, -0.05) is 84.9 Å². The van der Waals surface area contributed by atoms with Gasteiger partial charge in [-0.25, -0.2) is 0 Å². The van der Waals surface area contributed by atoms with Crippen molar-refractivity contribution in [3.63, 3.8) is 0 Å². The van der Waals surface area contributed by atoms with Crippen molar-refractivity contribution in [2.24, 2.45) is 10.9 Å². The van der Waals surface area contributed by atoms with Gasteiger partial charge >= 0.3 is 0 Å². The second-order valence-electron chi connectivity index (χ2n) is 6.97. The molecule has 28 heavy (non-hydrogen) atoms. The molecule has 1 aliphatic rings. The Labute approximate surface area is 164 Å². The van der Waals surface area contributed by atoms with Gasteiger partial charge in [0.05, 0.1) is 0 Å². The van der Waals surface area contributed by atoms with E-state index < -0.39 is 5.92 Å². The molecule has 0 radical (unpaired) electrons. The molecule has 3 nitrogen and oxygen atoms in total. The van der Waals surface area contributed by atoms with Crippen LogP contribution in [-0.2, 0) is 0 Å². The minimum Gasteiger partial charge on any atom is -0.296 e. The molecule has 0 aliphatic heterocycles. The molecule has 3 aromatic carbocycles. The van der Waals surface area contributed by atoms with E-state index in [9.17, 15) is 9.59 Å². The van der Waals surface area contributed by atoms with Crippen LogP contribution in [0, 0.1) is 5.92 Å². The molecular weight excluding hydrogens is 346 g/mol. The Morgan fingerprint density at radius 1 is 0.714 bits per heavy atom. The molecule has 0 saturated heterocycles. The number of rotatable bonds is 6. The number of nitrogens with zero attached hydrogens (tertiary/aromatic N) is 1. The van der Waals surface area contributed by atoms with E-state index in [-0.39, 0.29) is 17.5 Å². The molecule has 0 heterocycles. The van der Waals surface area contributed by atoms with Crippen molar-refractivity contribution < 1.29 is 9.59 Å². The Morgan fingerprint density at radius 3 is 1.68 bits per heavy atom. The number of benzene rings is 3. The Balaban J connectivity index is 1.47. The molecule has 1 aliphatic carbocycles. The third kappa shape index (κ3) is 3.56. The SMILES string of the molecule is O=C1c2ccccc2C(=O)C1C=NCCC(c1ccccc1)c1ccccc1. The van der Waals surface area contributed by atoms with Crippen LogP contribution >= 0.6 is 0 Å². The summed E-state index contributed by atoms with van der Waals surface area (Å²) < 4.78 is 0. The standard InChI is InChI=1S/C25H21NO2/c27-24-21-13-7-8-14-22(21)25(28)23(24)17-26-16-15-20(18-9-3-1-4-10-18)19-11-5-2-6-12-19/h1-14,17,20,23H,15-16H2. The first kappa shape index (κ1) is 18.1. The average Bonchev–Trinajstić information content (AvgIpc) is 3.00. The second kappa shape index (κ2) is 8.13. The molecule has 138 valence electrons. The molecule has 0 unspecified atom stereocenters. The Bertz CT molecular complexity index is 934. The summed E-state index contributed by atoms with van der Waals surface area (Å²) in [6, 6.07) is 27.7. The summed E-state index contributed by atoms with van der Waals surface area (Å²) in [5, 5.41) is 0. The van der Waals surface area contributed by atoms with E-state index in [2.05, 4.69) is 29.3 Å². The first-order chi connectivity index (χ1) is 13.8. The molecule has 0 amide bonds. The summed E-state index contributed by atoms with van der Waals surface area (Å²) >= 11 is 0. The Kier molecular flexibility index (Phi) is 5.24. The van der Waals surface area contributed by atoms with Crippen LogP contribution in [0.5, 0.6) is 0 Å². The molecule has 4 rings (SSSR count). The molecule has 0 aromatic heterocycles. The van der Waals surface area contributed by atoms with Gasteiger partial charge in [-0.2, -0.15) is 0 Å². The van der Waals surface area contributed by atoms with Gasteiger partial charge in [0.25, 0.3) is 0 Å². The molecule has 0 fully saturated rings. The highest BCUT2D eigenvalue weighted by atomic mass is 16.2. The zero-order chi connectivity index (χ0) is 19.3. The van der Waals surface area contributed by atoms with Gasteiger partial charge in [0, 0.05) is 29.8 Å². The second-order valence-corrected chi connectivity index (χ2v) is 6.97. The summed E-state index contributed by atoms with van der Waals surface area (Å²) in [6.45, 7) is 0.557. The highest BCUT2D eigenvalue weighted by Gasteiger charge is 2.36. The quantitative estimate of drug-likeness (QED) is 0.456. The van der Waals surface area contributed by atoms with Crippen molar-refractivity contribution in [1.82, 2.24) is 0 Å². The van der Waals surface area contributed by atoms with Crippen molar-refractivity contribution in [2.45, 2.75) is 12.3 Å². The fourth-order valence-electron chi connectivity index (χ4n) is 3.78. The van der Waals surface area contributed by atoms with Crippen LogP contribution in [0.3, 0.4) is 0 Å². The van der Waals surface area contributed by atoms with Crippen LogP contribution in [-0.4, -0.2) is 24.3 Å². The van der Waals surface area contributed by atoms with E-state index in [1.165, 1.54) is 17.3 Å². The summed E-state index contributed by atoms with van der Waals surface area (Å²) in [4.78, 5) is 29.4. The minimum atomic E-state index is -0.774. The van der Waals surface area contributed by atoms with Crippen LogP contribution in [0.2, 0.25) is 0 Å². The lowest BCUT2D eigenvalue weighted by Gasteiger charge is -2.17. The van der Waals surface area contributed by atoms with E-state index in [1.807, 2.05) is 36.4 Å². The van der Waals surface area contributed by atoms with E-state index in [4.69, 9.17) is 0 Å². The Hall–Kier alpha value is -3.33. The topological polar surface area (TPSA) is 46.5 Å². The third-order valence-corrected chi connectivity index (χ3v) is 5.23. The fourth-order valence-corrected chi connectivity index (χ4v) is 3.78. The van der Waals surface area contributed by atoms with Crippen LogP contribution in [0.1, 0.15) is 44.2 Å². The van der Waals surface area contributed by atoms with Crippen LogP contribution in [0.4, 0.5) is 0 Å². The zero-order valence-electron chi connectivity index (χ0n) is 15.5. The highest BCUT2D eigenvalue weighted by Crippen LogP contribution is 2.28. The first-order valence-electron chi connectivity index (χ1n) is 9.53. The summed E-state index contributed by atoms with van der Waals surface area (Å²) in [5.41, 5.74) is 3.50. The van der Waals surface area contributed by atoms with Gasteiger partial charge < -0.3 is 0 Å². The predicted molar refractivity (Wildman–Crippen MR) is 111 cm³/mol. The average molecular weight is 367 g/mol. The van der Waals surface area contributed by atoms with Gasteiger partial charge in [-0.15, -0.1) is 0 Å². The lowest BCUT2D eigenvalue weighted by molar-refractivity contribution is 0.0886. The zero-order valence-corrected chi connectivity index (χ0v) is 15.5. The maximum absolute atomic E-state index is 12.5. The normalized spacial score (nSPS) is 14.2. The van der Waals surface area contributed by atoms with Crippen molar-refractivity contribution in [1.29, 1.82) is 0 Å².